The van der Waals surface area contributed by atoms with Crippen LogP contribution in [0, 0.1) is 0 Å². The number of amides is 2. The number of para-hydroxylation sites is 2. The van der Waals surface area contributed by atoms with E-state index in [2.05, 4.69) is 15.3 Å². The molecule has 0 spiro atoms. The number of carbonyl (C=O) groups is 4. The molecule has 1 aromatic heterocycles. The summed E-state index contributed by atoms with van der Waals surface area (Å²) in [4.78, 5) is 57.2. The second kappa shape index (κ2) is 9.34. The fourth-order valence-electron chi connectivity index (χ4n) is 3.64. The van der Waals surface area contributed by atoms with Crippen molar-refractivity contribution < 1.29 is 88.5 Å². The van der Waals surface area contributed by atoms with Gasteiger partial charge in [0.2, 0.25) is 5.91 Å². The van der Waals surface area contributed by atoms with E-state index in [9.17, 15) is 29.4 Å². The van der Waals surface area contributed by atoms with Gasteiger partial charge in [0.15, 0.2) is 5.69 Å². The van der Waals surface area contributed by atoms with Crippen molar-refractivity contribution in [1.82, 2.24) is 20.2 Å². The minimum Gasteiger partial charge on any atom is -0.548 e. The number of hydrogen-bond donors (Lipinski definition) is 1. The van der Waals surface area contributed by atoms with E-state index in [4.69, 9.17) is 0 Å². The summed E-state index contributed by atoms with van der Waals surface area (Å²) in [6.45, 7) is 3.34. The maximum absolute atomic E-state index is 12.7. The first-order valence-corrected chi connectivity index (χ1v) is 9.49. The summed E-state index contributed by atoms with van der Waals surface area (Å²) < 4.78 is -0.808. The van der Waals surface area contributed by atoms with Crippen LogP contribution in [-0.4, -0.2) is 60.8 Å². The molecule has 1 aromatic carbocycles. The van der Waals surface area contributed by atoms with Gasteiger partial charge in [0.25, 0.3) is 5.91 Å². The van der Waals surface area contributed by atoms with Crippen LogP contribution in [0.15, 0.2) is 24.3 Å². The Labute approximate surface area is 225 Å². The Balaban J connectivity index is 0.00000171. The van der Waals surface area contributed by atoms with E-state index in [-0.39, 0.29) is 64.6 Å². The number of hydrogen-bond acceptors (Lipinski definition) is 9. The molecule has 1 N–H and O–H groups in total. The third-order valence-electron chi connectivity index (χ3n) is 4.93. The number of carbonyl (C=O) groups excluding carboxylic acids is 4. The summed E-state index contributed by atoms with van der Waals surface area (Å²) in [5.41, 5.74) is -0.540. The summed E-state index contributed by atoms with van der Waals surface area (Å²) in [6, 6.07) is 4.26. The van der Waals surface area contributed by atoms with E-state index in [0.717, 1.165) is 4.90 Å². The van der Waals surface area contributed by atoms with Gasteiger partial charge >= 0.3 is 59.1 Å². The maximum Gasteiger partial charge on any atom is 1.00 e. The van der Waals surface area contributed by atoms with Crippen molar-refractivity contribution in [1.29, 1.82) is 0 Å². The van der Waals surface area contributed by atoms with Gasteiger partial charge in [0.05, 0.1) is 29.0 Å². The molecule has 13 heteroatoms. The molecule has 0 saturated carbocycles. The molecule has 2 aromatic rings. The van der Waals surface area contributed by atoms with Crippen molar-refractivity contribution in [2.24, 2.45) is 0 Å². The number of nitrogens with one attached hydrogen (secondary N) is 1. The maximum atomic E-state index is 12.7. The first-order valence-electron chi connectivity index (χ1n) is 8.61. The van der Waals surface area contributed by atoms with Crippen molar-refractivity contribution in [2.75, 3.05) is 0 Å². The van der Waals surface area contributed by atoms with Gasteiger partial charge in [-0.15, -0.1) is 11.8 Å². The molecule has 31 heavy (non-hydrogen) atoms. The van der Waals surface area contributed by atoms with Gasteiger partial charge < -0.3 is 30.0 Å². The van der Waals surface area contributed by atoms with Gasteiger partial charge in [-0.2, -0.15) is 0 Å². The average molecular weight is 460 g/mol. The zero-order valence-corrected chi connectivity index (χ0v) is 22.1. The zero-order valence-electron chi connectivity index (χ0n) is 17.2. The minimum absolute atomic E-state index is 0. The van der Waals surface area contributed by atoms with Gasteiger partial charge in [-0.1, -0.05) is 12.1 Å². The van der Waals surface area contributed by atoms with Crippen LogP contribution in [0.5, 0.6) is 0 Å². The number of thioether (sulfide) groups is 1. The number of carboxylic acid groups (broad SMARTS) is 2. The first kappa shape index (κ1) is 26.0. The average Bonchev–Trinajstić information content (AvgIpc) is 2.92. The van der Waals surface area contributed by atoms with Crippen molar-refractivity contribution >= 4 is 46.5 Å². The van der Waals surface area contributed by atoms with E-state index >= 15 is 0 Å². The van der Waals surface area contributed by atoms with Crippen LogP contribution in [0.2, 0.25) is 0 Å². The van der Waals surface area contributed by atoms with Crippen molar-refractivity contribution in [3.8, 4) is 0 Å². The molecule has 3 unspecified atom stereocenters. The Morgan fingerprint density at radius 2 is 1.61 bits per heavy atom. The number of aromatic nitrogens is 2. The van der Waals surface area contributed by atoms with E-state index in [1.807, 2.05) is 0 Å². The summed E-state index contributed by atoms with van der Waals surface area (Å²) in [7, 11) is 0. The Hall–Kier alpha value is -1.21. The predicted octanol–water partition coefficient (Wildman–Crippen LogP) is -8.09. The molecule has 2 saturated heterocycles. The topological polar surface area (TPSA) is 155 Å². The van der Waals surface area contributed by atoms with Gasteiger partial charge in [-0.05, 0) is 26.0 Å². The zero-order chi connectivity index (χ0) is 21.1. The molecule has 2 aliphatic heterocycles. The predicted molar refractivity (Wildman–Crippen MR) is 96.2 cm³/mol. The molecule has 2 aliphatic rings. The summed E-state index contributed by atoms with van der Waals surface area (Å²) in [6.07, 6.45) is 0. The molecular formula is C18H14N4Na2O6S. The summed E-state index contributed by atoms with van der Waals surface area (Å²) in [5.74, 6) is -4.54. The number of aromatic carboxylic acids is 1. The smallest absolute Gasteiger partial charge is 0.548 e. The third kappa shape index (κ3) is 4.37. The molecular weight excluding hydrogens is 446 g/mol. The number of rotatable bonds is 4. The number of β-lactam (4-membered cyclic amide) rings is 1. The fraction of sp³-hybridized carbons (Fsp3) is 0.333. The number of fused-ring (bicyclic) bond motifs is 2. The Morgan fingerprint density at radius 1 is 1.06 bits per heavy atom. The Morgan fingerprint density at radius 3 is 2.13 bits per heavy atom. The Bertz CT molecular complexity index is 1100. The van der Waals surface area contributed by atoms with Crippen LogP contribution in [0.25, 0.3) is 11.0 Å². The standard InChI is InChI=1S/C18H16N4O6S.2Na/c1-18(2)12(17(27)28)22-14(24)11(15(22)29-18)21-13(23)9-10(16(25)26)20-8-6-4-3-5-7(8)19-9;;/h3-6,11-12,15H,1-2H3,(H,21,23)(H,25,26)(H,27,28);;/q;2*+1/p-2. The number of carboxylic acids is 2. The van der Waals surface area contributed by atoms with Crippen molar-refractivity contribution in [3.63, 3.8) is 0 Å². The molecule has 0 radical (unpaired) electrons. The molecule has 3 heterocycles. The van der Waals surface area contributed by atoms with Gasteiger partial charge in [-0.25, -0.2) is 9.97 Å². The largest absolute Gasteiger partial charge is 1.00 e. The molecule has 0 bridgehead atoms. The molecule has 10 nitrogen and oxygen atoms in total. The number of nitrogens with zero attached hydrogens (tertiary/aromatic N) is 3. The van der Waals surface area contributed by atoms with Gasteiger partial charge in [-0.3, -0.25) is 9.59 Å². The van der Waals surface area contributed by atoms with Crippen LogP contribution >= 0.6 is 11.8 Å². The van der Waals surface area contributed by atoms with E-state index in [1.165, 1.54) is 11.8 Å². The van der Waals surface area contributed by atoms with Gasteiger partial charge in [0, 0.05) is 4.75 Å². The van der Waals surface area contributed by atoms with E-state index in [0.29, 0.717) is 5.52 Å². The van der Waals surface area contributed by atoms with E-state index in [1.54, 1.807) is 38.1 Å². The quantitative estimate of drug-likeness (QED) is 0.346. The minimum atomic E-state index is -1.68. The fourth-order valence-corrected chi connectivity index (χ4v) is 5.26. The van der Waals surface area contributed by atoms with Crippen LogP contribution in [0.4, 0.5) is 0 Å². The number of aliphatic carboxylic acids is 1. The van der Waals surface area contributed by atoms with Crippen LogP contribution < -0.4 is 74.6 Å². The van der Waals surface area contributed by atoms with Crippen LogP contribution in [-0.2, 0) is 9.59 Å². The second-order valence-corrected chi connectivity index (χ2v) is 9.00. The monoisotopic (exact) mass is 460 g/mol. The van der Waals surface area contributed by atoms with Crippen molar-refractivity contribution in [3.05, 3.63) is 35.7 Å². The van der Waals surface area contributed by atoms with Crippen LogP contribution in [0.1, 0.15) is 34.8 Å². The molecule has 2 amide bonds. The molecule has 0 aliphatic carbocycles. The summed E-state index contributed by atoms with van der Waals surface area (Å²) in [5, 5.41) is 24.7. The SMILES string of the molecule is CC1(C)SC2C(NC(=O)c3nc4ccccc4nc3C(=O)[O-])C(=O)N2C1C(=O)[O-].[Na+].[Na+]. The summed E-state index contributed by atoms with van der Waals surface area (Å²) >= 11 is 1.22. The normalized spacial score (nSPS) is 23.1. The molecule has 4 rings (SSSR count). The number of benzene rings is 1. The molecule has 150 valence electrons. The Kier molecular flexibility index (Phi) is 7.85. The first-order chi connectivity index (χ1) is 13.6. The molecule has 3 atom stereocenters. The van der Waals surface area contributed by atoms with Crippen LogP contribution in [0.3, 0.4) is 0 Å². The van der Waals surface area contributed by atoms with Gasteiger partial charge in [0.1, 0.15) is 17.1 Å². The molecule has 2 fully saturated rings. The van der Waals surface area contributed by atoms with E-state index < -0.39 is 57.3 Å². The third-order valence-corrected chi connectivity index (χ3v) is 6.50. The van der Waals surface area contributed by atoms with Crippen molar-refractivity contribution in [2.45, 2.75) is 36.1 Å². The second-order valence-electron chi connectivity index (χ2n) is 7.23.